The molecule has 3 rings (SSSR count). The summed E-state index contributed by atoms with van der Waals surface area (Å²) in [5.41, 5.74) is 2.76. The van der Waals surface area contributed by atoms with Crippen molar-refractivity contribution in [2.24, 2.45) is 0 Å². The van der Waals surface area contributed by atoms with Crippen LogP contribution in [0.3, 0.4) is 0 Å². The van der Waals surface area contributed by atoms with Gasteiger partial charge in [-0.2, -0.15) is 0 Å². The molecule has 5 heteroatoms. The molecule has 1 atom stereocenters. The van der Waals surface area contributed by atoms with E-state index in [1.807, 2.05) is 71.8 Å². The Morgan fingerprint density at radius 3 is 2.54 bits per heavy atom. The predicted molar refractivity (Wildman–Crippen MR) is 114 cm³/mol. The molecule has 0 N–H and O–H groups in total. The van der Waals surface area contributed by atoms with Crippen molar-refractivity contribution in [3.05, 3.63) is 81.8 Å². The summed E-state index contributed by atoms with van der Waals surface area (Å²) in [6.45, 7) is 7.14. The van der Waals surface area contributed by atoms with Crippen molar-refractivity contribution in [1.29, 1.82) is 0 Å². The lowest BCUT2D eigenvalue weighted by atomic mass is 10.1. The average molecular weight is 395 g/mol. The van der Waals surface area contributed by atoms with Gasteiger partial charge in [0.2, 0.25) is 0 Å². The van der Waals surface area contributed by atoms with E-state index in [9.17, 15) is 4.79 Å². The summed E-state index contributed by atoms with van der Waals surface area (Å²) in [4.78, 5) is 19.6. The van der Waals surface area contributed by atoms with Crippen LogP contribution in [-0.4, -0.2) is 21.8 Å². The van der Waals surface area contributed by atoms with E-state index in [2.05, 4.69) is 18.8 Å². The topological polar surface area (TPSA) is 42.4 Å². The van der Waals surface area contributed by atoms with Crippen molar-refractivity contribution in [3.8, 4) is 5.75 Å². The quantitative estimate of drug-likeness (QED) is 0.509. The number of carbonyl (C=O) groups is 1. The van der Waals surface area contributed by atoms with Gasteiger partial charge in [0.05, 0.1) is 12.2 Å². The van der Waals surface area contributed by atoms with Crippen LogP contribution in [0.2, 0.25) is 0 Å². The minimum atomic E-state index is 0.0458. The van der Waals surface area contributed by atoms with Gasteiger partial charge in [-0.3, -0.25) is 4.79 Å². The van der Waals surface area contributed by atoms with Gasteiger partial charge in [-0.25, -0.2) is 4.98 Å². The molecule has 0 aliphatic heterocycles. The Morgan fingerprint density at radius 1 is 1.14 bits per heavy atom. The Bertz CT molecular complexity index is 890. The molecule has 0 saturated carbocycles. The summed E-state index contributed by atoms with van der Waals surface area (Å²) in [5, 5.41) is 2.92. The largest absolute Gasteiger partial charge is 0.486 e. The van der Waals surface area contributed by atoms with E-state index in [1.165, 1.54) is 0 Å². The molecule has 0 radical (unpaired) electrons. The first-order chi connectivity index (χ1) is 13.6. The molecule has 0 saturated heterocycles. The van der Waals surface area contributed by atoms with Crippen LogP contribution in [0.25, 0.3) is 0 Å². The molecule has 1 amide bonds. The summed E-state index contributed by atoms with van der Waals surface area (Å²) < 4.78 is 5.77. The highest BCUT2D eigenvalue weighted by Crippen LogP contribution is 2.19. The van der Waals surface area contributed by atoms with Gasteiger partial charge in [-0.15, -0.1) is 11.3 Å². The third-order valence-electron chi connectivity index (χ3n) is 4.72. The number of nitrogens with zero attached hydrogens (tertiary/aromatic N) is 2. The van der Waals surface area contributed by atoms with Crippen molar-refractivity contribution in [2.45, 2.75) is 46.4 Å². The molecule has 146 valence electrons. The molecule has 4 nitrogen and oxygen atoms in total. The number of aromatic nitrogens is 1. The van der Waals surface area contributed by atoms with Crippen LogP contribution in [0.1, 0.15) is 46.9 Å². The molecular formula is C23H26N2O2S. The number of amides is 1. The van der Waals surface area contributed by atoms with Crippen LogP contribution in [-0.2, 0) is 13.2 Å². The van der Waals surface area contributed by atoms with Crippen LogP contribution in [0.5, 0.6) is 5.75 Å². The highest BCUT2D eigenvalue weighted by atomic mass is 32.1. The number of aryl methyl sites for hydroxylation is 1. The molecule has 0 bridgehead atoms. The van der Waals surface area contributed by atoms with Crippen LogP contribution < -0.4 is 4.74 Å². The van der Waals surface area contributed by atoms with Crippen LogP contribution in [0.4, 0.5) is 0 Å². The third-order valence-corrected chi connectivity index (χ3v) is 5.59. The van der Waals surface area contributed by atoms with Gasteiger partial charge < -0.3 is 9.64 Å². The Hall–Kier alpha value is -2.66. The molecule has 0 fully saturated rings. The van der Waals surface area contributed by atoms with E-state index < -0.39 is 0 Å². The standard InChI is InChI=1S/C23H26N2O2S/c1-4-18(3)25(23(26)19-12-10-17(2)11-13-19)14-20-16-28-22(24-20)15-27-21-8-6-5-7-9-21/h5-13,16,18H,4,14-15H2,1-3H3. The Kier molecular flexibility index (Phi) is 6.82. The minimum absolute atomic E-state index is 0.0458. The molecule has 1 aromatic heterocycles. The number of thiazole rings is 1. The Balaban J connectivity index is 1.68. The maximum absolute atomic E-state index is 13.1. The van der Waals surface area contributed by atoms with Crippen molar-refractivity contribution in [3.63, 3.8) is 0 Å². The van der Waals surface area contributed by atoms with Crippen LogP contribution in [0, 0.1) is 6.92 Å². The van der Waals surface area contributed by atoms with Gasteiger partial charge in [-0.1, -0.05) is 42.8 Å². The normalized spacial score (nSPS) is 11.8. The lowest BCUT2D eigenvalue weighted by Crippen LogP contribution is -2.37. The van der Waals surface area contributed by atoms with Crippen LogP contribution >= 0.6 is 11.3 Å². The lowest BCUT2D eigenvalue weighted by Gasteiger charge is -2.28. The Morgan fingerprint density at radius 2 is 1.86 bits per heavy atom. The zero-order valence-electron chi connectivity index (χ0n) is 16.6. The molecule has 28 heavy (non-hydrogen) atoms. The number of benzene rings is 2. The molecule has 0 spiro atoms. The highest BCUT2D eigenvalue weighted by molar-refractivity contribution is 7.09. The Labute approximate surface area is 170 Å². The summed E-state index contributed by atoms with van der Waals surface area (Å²) in [7, 11) is 0. The summed E-state index contributed by atoms with van der Waals surface area (Å²) in [6, 6.07) is 17.6. The maximum Gasteiger partial charge on any atom is 0.254 e. The van der Waals surface area contributed by atoms with Crippen molar-refractivity contribution in [2.75, 3.05) is 0 Å². The lowest BCUT2D eigenvalue weighted by molar-refractivity contribution is 0.0669. The number of ether oxygens (including phenoxy) is 1. The number of rotatable bonds is 8. The van der Waals surface area contributed by atoms with Gasteiger partial charge in [0.1, 0.15) is 17.4 Å². The van der Waals surface area contributed by atoms with E-state index >= 15 is 0 Å². The first-order valence-electron chi connectivity index (χ1n) is 9.55. The molecule has 2 aromatic carbocycles. The minimum Gasteiger partial charge on any atom is -0.486 e. The van der Waals surface area contributed by atoms with E-state index in [4.69, 9.17) is 4.74 Å². The van der Waals surface area contributed by atoms with Gasteiger partial charge in [0.25, 0.3) is 5.91 Å². The predicted octanol–water partition coefficient (Wildman–Crippen LogP) is 5.47. The molecule has 1 heterocycles. The zero-order valence-corrected chi connectivity index (χ0v) is 17.4. The van der Waals surface area contributed by atoms with Crippen molar-refractivity contribution in [1.82, 2.24) is 9.88 Å². The van der Waals surface area contributed by atoms with Gasteiger partial charge in [-0.05, 0) is 44.5 Å². The fourth-order valence-electron chi connectivity index (χ4n) is 2.83. The number of para-hydroxylation sites is 1. The first-order valence-corrected chi connectivity index (χ1v) is 10.4. The monoisotopic (exact) mass is 394 g/mol. The SMILES string of the molecule is CCC(C)N(Cc1csc(COc2ccccc2)n1)C(=O)c1ccc(C)cc1. The van der Waals surface area contributed by atoms with Crippen LogP contribution in [0.15, 0.2) is 60.0 Å². The van der Waals surface area contributed by atoms with E-state index in [1.54, 1.807) is 11.3 Å². The van der Waals surface area contributed by atoms with Crippen molar-refractivity contribution >= 4 is 17.2 Å². The van der Waals surface area contributed by atoms with E-state index in [0.717, 1.165) is 28.4 Å². The molecular weight excluding hydrogens is 368 g/mol. The van der Waals surface area contributed by atoms with Gasteiger partial charge >= 0.3 is 0 Å². The third kappa shape index (κ3) is 5.20. The fraction of sp³-hybridized carbons (Fsp3) is 0.304. The second-order valence-electron chi connectivity index (χ2n) is 6.89. The fourth-order valence-corrected chi connectivity index (χ4v) is 3.53. The molecule has 1 unspecified atom stereocenters. The second-order valence-corrected chi connectivity index (χ2v) is 7.83. The van der Waals surface area contributed by atoms with Gasteiger partial charge in [0.15, 0.2) is 0 Å². The average Bonchev–Trinajstić information content (AvgIpc) is 3.18. The van der Waals surface area contributed by atoms with Crippen molar-refractivity contribution < 1.29 is 9.53 Å². The second kappa shape index (κ2) is 9.51. The number of hydrogen-bond donors (Lipinski definition) is 0. The van der Waals surface area contributed by atoms with E-state index in [-0.39, 0.29) is 11.9 Å². The molecule has 3 aromatic rings. The van der Waals surface area contributed by atoms with Gasteiger partial charge in [0, 0.05) is 17.0 Å². The first kappa shape index (κ1) is 20.1. The highest BCUT2D eigenvalue weighted by Gasteiger charge is 2.22. The summed E-state index contributed by atoms with van der Waals surface area (Å²) in [6.07, 6.45) is 0.895. The van der Waals surface area contributed by atoms with E-state index in [0.29, 0.717) is 18.7 Å². The smallest absolute Gasteiger partial charge is 0.254 e. The molecule has 0 aliphatic carbocycles. The maximum atomic E-state index is 13.1. The summed E-state index contributed by atoms with van der Waals surface area (Å²) in [5.74, 6) is 0.875. The number of carbonyl (C=O) groups excluding carboxylic acids is 1. The molecule has 0 aliphatic rings. The zero-order chi connectivity index (χ0) is 19.9. The summed E-state index contributed by atoms with van der Waals surface area (Å²) >= 11 is 1.57. The number of hydrogen-bond acceptors (Lipinski definition) is 4.